The third-order valence-corrected chi connectivity index (χ3v) is 5.23. The number of benzene rings is 2. The number of hydrogen-bond acceptors (Lipinski definition) is 6. The maximum absolute atomic E-state index is 12.9. The zero-order valence-electron chi connectivity index (χ0n) is 15.5. The molecule has 146 valence electrons. The van der Waals surface area contributed by atoms with E-state index in [-0.39, 0.29) is 11.6 Å². The molecular weight excluding hydrogens is 379 g/mol. The van der Waals surface area contributed by atoms with Crippen molar-refractivity contribution in [2.75, 3.05) is 18.7 Å². The minimum atomic E-state index is -0.347. The number of aromatic nitrogens is 3. The Morgan fingerprint density at radius 3 is 2.54 bits per heavy atom. The van der Waals surface area contributed by atoms with E-state index in [0.717, 1.165) is 11.3 Å². The van der Waals surface area contributed by atoms with Gasteiger partial charge in [-0.15, -0.1) is 10.2 Å². The van der Waals surface area contributed by atoms with Crippen molar-refractivity contribution in [3.63, 3.8) is 0 Å². The van der Waals surface area contributed by atoms with Gasteiger partial charge < -0.3 is 10.6 Å². The Morgan fingerprint density at radius 2 is 1.86 bits per heavy atom. The van der Waals surface area contributed by atoms with Gasteiger partial charge >= 0.3 is 0 Å². The number of methoxy groups -OCH3 is 1. The molecule has 1 aromatic heterocycles. The van der Waals surface area contributed by atoms with Gasteiger partial charge in [-0.2, -0.15) is 0 Å². The number of nitrogen functional groups attached to an aromatic ring is 1. The summed E-state index contributed by atoms with van der Waals surface area (Å²) in [6, 6.07) is 13.3. The molecule has 28 heavy (non-hydrogen) atoms. The maximum Gasteiger partial charge on any atom is 0.209 e. The zero-order valence-corrected chi connectivity index (χ0v) is 16.3. The van der Waals surface area contributed by atoms with Crippen LogP contribution in [0.25, 0.3) is 0 Å². The molecule has 0 saturated heterocycles. The fraction of sp³-hybridized carbons (Fsp3) is 0.250. The largest absolute Gasteiger partial charge is 0.497 e. The molecule has 0 spiro atoms. The fourth-order valence-corrected chi connectivity index (χ4v) is 3.44. The SMILES string of the molecule is COc1ccc(Cc2nnc(SCCCC(=O)c3ccc(F)cc3)n2N)cc1. The van der Waals surface area contributed by atoms with E-state index in [2.05, 4.69) is 10.2 Å². The molecule has 0 saturated carbocycles. The zero-order chi connectivity index (χ0) is 19.9. The first-order chi connectivity index (χ1) is 13.6. The third kappa shape index (κ3) is 5.10. The van der Waals surface area contributed by atoms with Crippen LogP contribution < -0.4 is 10.6 Å². The second-order valence-electron chi connectivity index (χ2n) is 6.18. The Hall–Kier alpha value is -2.87. The van der Waals surface area contributed by atoms with Crippen LogP contribution in [-0.4, -0.2) is 33.5 Å². The Bertz CT molecular complexity index is 926. The predicted octanol–water partition coefficient (Wildman–Crippen LogP) is 3.49. The number of hydrogen-bond donors (Lipinski definition) is 1. The number of rotatable bonds is 9. The molecule has 0 atom stereocenters. The normalized spacial score (nSPS) is 10.8. The van der Waals surface area contributed by atoms with Crippen molar-refractivity contribution in [2.45, 2.75) is 24.4 Å². The van der Waals surface area contributed by atoms with Crippen molar-refractivity contribution in [1.29, 1.82) is 0 Å². The van der Waals surface area contributed by atoms with Gasteiger partial charge in [-0.05, 0) is 48.4 Å². The van der Waals surface area contributed by atoms with Gasteiger partial charge in [-0.3, -0.25) is 4.79 Å². The summed E-state index contributed by atoms with van der Waals surface area (Å²) in [6.07, 6.45) is 1.62. The molecule has 0 bridgehead atoms. The number of Topliss-reactive ketones (excluding diaryl/α,β-unsaturated/α-hetero) is 1. The highest BCUT2D eigenvalue weighted by atomic mass is 32.2. The van der Waals surface area contributed by atoms with E-state index in [1.165, 1.54) is 40.7 Å². The van der Waals surface area contributed by atoms with Crippen LogP contribution in [0.15, 0.2) is 53.7 Å². The summed E-state index contributed by atoms with van der Waals surface area (Å²) in [5, 5.41) is 8.90. The van der Waals surface area contributed by atoms with E-state index in [1.807, 2.05) is 24.3 Å². The molecule has 0 aliphatic heterocycles. The molecule has 0 amide bonds. The molecule has 1 heterocycles. The van der Waals surface area contributed by atoms with Crippen molar-refractivity contribution in [3.8, 4) is 5.75 Å². The highest BCUT2D eigenvalue weighted by Gasteiger charge is 2.12. The summed E-state index contributed by atoms with van der Waals surface area (Å²) in [7, 11) is 1.63. The lowest BCUT2D eigenvalue weighted by molar-refractivity contribution is 0.0982. The number of nitrogens with two attached hydrogens (primary N) is 1. The van der Waals surface area contributed by atoms with Crippen LogP contribution in [0.3, 0.4) is 0 Å². The average Bonchev–Trinajstić information content (AvgIpc) is 3.06. The number of halogens is 1. The number of carbonyl (C=O) groups is 1. The Balaban J connectivity index is 1.48. The molecule has 0 fully saturated rings. The first kappa shape index (κ1) is 19.9. The quantitative estimate of drug-likeness (QED) is 0.256. The third-order valence-electron chi connectivity index (χ3n) is 4.20. The number of ether oxygens (including phenoxy) is 1. The Kier molecular flexibility index (Phi) is 6.65. The molecular formula is C20H21FN4O2S. The average molecular weight is 400 g/mol. The lowest BCUT2D eigenvalue weighted by Crippen LogP contribution is -2.14. The lowest BCUT2D eigenvalue weighted by atomic mass is 10.1. The summed E-state index contributed by atoms with van der Waals surface area (Å²) in [5.74, 6) is 7.89. The number of carbonyl (C=O) groups excluding carboxylic acids is 1. The Morgan fingerprint density at radius 1 is 1.14 bits per heavy atom. The van der Waals surface area contributed by atoms with Gasteiger partial charge in [0.2, 0.25) is 5.16 Å². The molecule has 0 aliphatic carbocycles. The Labute approximate surface area is 166 Å². The van der Waals surface area contributed by atoms with Crippen molar-refractivity contribution >= 4 is 17.5 Å². The summed E-state index contributed by atoms with van der Waals surface area (Å²) >= 11 is 1.46. The second-order valence-corrected chi connectivity index (χ2v) is 7.24. The first-order valence-electron chi connectivity index (χ1n) is 8.80. The minimum absolute atomic E-state index is 0.00462. The summed E-state index contributed by atoms with van der Waals surface area (Å²) in [5.41, 5.74) is 1.58. The minimum Gasteiger partial charge on any atom is -0.497 e. The molecule has 0 aliphatic rings. The fourth-order valence-electron chi connectivity index (χ4n) is 2.63. The van der Waals surface area contributed by atoms with Gasteiger partial charge in [0.15, 0.2) is 11.6 Å². The summed E-state index contributed by atoms with van der Waals surface area (Å²) in [6.45, 7) is 0. The van der Waals surface area contributed by atoms with E-state index in [1.54, 1.807) is 7.11 Å². The van der Waals surface area contributed by atoms with Gasteiger partial charge in [0.25, 0.3) is 0 Å². The number of nitrogens with zero attached hydrogens (tertiary/aromatic N) is 3. The number of thioether (sulfide) groups is 1. The van der Waals surface area contributed by atoms with E-state index < -0.39 is 0 Å². The van der Waals surface area contributed by atoms with E-state index in [4.69, 9.17) is 10.6 Å². The van der Waals surface area contributed by atoms with E-state index in [9.17, 15) is 9.18 Å². The van der Waals surface area contributed by atoms with Gasteiger partial charge in [-0.25, -0.2) is 9.07 Å². The van der Waals surface area contributed by atoms with Crippen LogP contribution >= 0.6 is 11.8 Å². The second kappa shape index (κ2) is 9.36. The van der Waals surface area contributed by atoms with Crippen LogP contribution in [0.1, 0.15) is 34.6 Å². The highest BCUT2D eigenvalue weighted by Crippen LogP contribution is 2.19. The molecule has 3 rings (SSSR count). The van der Waals surface area contributed by atoms with E-state index >= 15 is 0 Å². The first-order valence-corrected chi connectivity index (χ1v) is 9.79. The smallest absolute Gasteiger partial charge is 0.209 e. The summed E-state index contributed by atoms with van der Waals surface area (Å²) in [4.78, 5) is 12.1. The van der Waals surface area contributed by atoms with Crippen molar-refractivity contribution < 1.29 is 13.9 Å². The molecule has 0 unspecified atom stereocenters. The predicted molar refractivity (Wildman–Crippen MR) is 107 cm³/mol. The standard InChI is InChI=1S/C20H21FN4O2S/c1-27-17-10-4-14(5-11-17)13-19-23-24-20(25(19)22)28-12-2-3-18(26)15-6-8-16(21)9-7-15/h4-11H,2-3,12-13,22H2,1H3. The van der Waals surface area contributed by atoms with Crippen molar-refractivity contribution in [2.24, 2.45) is 0 Å². The lowest BCUT2D eigenvalue weighted by Gasteiger charge is -2.05. The molecule has 8 heteroatoms. The molecule has 0 radical (unpaired) electrons. The van der Waals surface area contributed by atoms with Crippen LogP contribution in [-0.2, 0) is 6.42 Å². The van der Waals surface area contributed by atoms with Crippen LogP contribution in [0.5, 0.6) is 5.75 Å². The highest BCUT2D eigenvalue weighted by molar-refractivity contribution is 7.99. The topological polar surface area (TPSA) is 83.0 Å². The van der Waals surface area contributed by atoms with Crippen LogP contribution in [0.4, 0.5) is 4.39 Å². The summed E-state index contributed by atoms with van der Waals surface area (Å²) < 4.78 is 19.5. The van der Waals surface area contributed by atoms with Gasteiger partial charge in [0.05, 0.1) is 7.11 Å². The maximum atomic E-state index is 12.9. The number of ketones is 1. The molecule has 2 N–H and O–H groups in total. The van der Waals surface area contributed by atoms with Crippen LogP contribution in [0.2, 0.25) is 0 Å². The van der Waals surface area contributed by atoms with Gasteiger partial charge in [0, 0.05) is 24.2 Å². The van der Waals surface area contributed by atoms with Crippen LogP contribution in [0, 0.1) is 5.82 Å². The van der Waals surface area contributed by atoms with Gasteiger partial charge in [-0.1, -0.05) is 23.9 Å². The van der Waals surface area contributed by atoms with E-state index in [0.29, 0.717) is 41.6 Å². The van der Waals surface area contributed by atoms with Crippen molar-refractivity contribution in [3.05, 3.63) is 71.3 Å². The monoisotopic (exact) mass is 400 g/mol. The molecule has 3 aromatic rings. The van der Waals surface area contributed by atoms with Gasteiger partial charge in [0.1, 0.15) is 11.6 Å². The molecule has 6 nitrogen and oxygen atoms in total. The van der Waals surface area contributed by atoms with Crippen molar-refractivity contribution in [1.82, 2.24) is 14.9 Å². The molecule has 2 aromatic carbocycles.